The highest BCUT2D eigenvalue weighted by Gasteiger charge is 2.36. The summed E-state index contributed by atoms with van der Waals surface area (Å²) in [6.45, 7) is 3.34. The molecule has 6 heteroatoms. The molecular weight excluding hydrogens is 332 g/mol. The molecule has 3 fully saturated rings. The van der Waals surface area contributed by atoms with Gasteiger partial charge in [-0.05, 0) is 64.0 Å². The number of rotatable bonds is 6. The number of piperidine rings is 1. The van der Waals surface area contributed by atoms with Gasteiger partial charge in [0, 0.05) is 19.2 Å². The predicted molar refractivity (Wildman–Crippen MR) is 99.8 cm³/mol. The minimum atomic E-state index is -0.712. The third-order valence-electron chi connectivity index (χ3n) is 6.42. The standard InChI is InChI=1S/C20H36N2O4/c23-14-15-8-11-22(12-9-15)13-10-17-6-7-18(24)19(26-17)20(25)21-16-4-2-1-3-5-16/h15-19,23-24H,1-14H2,(H,21,25). The molecule has 0 bridgehead atoms. The minimum absolute atomic E-state index is 0.0519. The summed E-state index contributed by atoms with van der Waals surface area (Å²) in [7, 11) is 0. The van der Waals surface area contributed by atoms with Crippen molar-refractivity contribution in [3.8, 4) is 0 Å². The lowest BCUT2D eigenvalue weighted by molar-refractivity contribution is -0.159. The average molecular weight is 369 g/mol. The van der Waals surface area contributed by atoms with E-state index < -0.39 is 12.2 Å². The third kappa shape index (κ3) is 5.65. The monoisotopic (exact) mass is 368 g/mol. The molecule has 2 aliphatic heterocycles. The van der Waals surface area contributed by atoms with Crippen molar-refractivity contribution >= 4 is 5.91 Å². The number of ether oxygens (including phenoxy) is 1. The number of aliphatic hydroxyl groups excluding tert-OH is 2. The topological polar surface area (TPSA) is 82.0 Å². The summed E-state index contributed by atoms with van der Waals surface area (Å²) >= 11 is 0. The number of amides is 1. The Morgan fingerprint density at radius 2 is 1.77 bits per heavy atom. The van der Waals surface area contributed by atoms with Gasteiger partial charge in [0.2, 0.25) is 0 Å². The van der Waals surface area contributed by atoms with Crippen molar-refractivity contribution in [2.24, 2.45) is 5.92 Å². The van der Waals surface area contributed by atoms with E-state index in [9.17, 15) is 15.0 Å². The summed E-state index contributed by atoms with van der Waals surface area (Å²) in [5, 5.41) is 22.6. The molecule has 0 radical (unpaired) electrons. The van der Waals surface area contributed by atoms with Crippen LogP contribution in [0.3, 0.4) is 0 Å². The number of nitrogens with zero attached hydrogens (tertiary/aromatic N) is 1. The van der Waals surface area contributed by atoms with Gasteiger partial charge in [-0.25, -0.2) is 0 Å². The van der Waals surface area contributed by atoms with Crippen molar-refractivity contribution in [2.45, 2.75) is 88.6 Å². The SMILES string of the molecule is O=C(NC1CCCCC1)C1OC(CCN2CCC(CO)CC2)CCC1O. The van der Waals surface area contributed by atoms with Crippen LogP contribution in [0.2, 0.25) is 0 Å². The zero-order valence-corrected chi connectivity index (χ0v) is 15.9. The van der Waals surface area contributed by atoms with E-state index in [1.165, 1.54) is 19.3 Å². The summed E-state index contributed by atoms with van der Waals surface area (Å²) in [6.07, 6.45) is 8.84. The van der Waals surface area contributed by atoms with Crippen LogP contribution in [0.4, 0.5) is 0 Å². The van der Waals surface area contributed by atoms with Crippen LogP contribution in [0.25, 0.3) is 0 Å². The van der Waals surface area contributed by atoms with Crippen LogP contribution >= 0.6 is 0 Å². The molecule has 0 aromatic heterocycles. The molecule has 2 heterocycles. The fourth-order valence-electron chi connectivity index (χ4n) is 4.57. The molecule has 1 amide bonds. The van der Waals surface area contributed by atoms with Gasteiger partial charge in [-0.15, -0.1) is 0 Å². The van der Waals surface area contributed by atoms with Gasteiger partial charge >= 0.3 is 0 Å². The van der Waals surface area contributed by atoms with Crippen LogP contribution in [0, 0.1) is 5.92 Å². The highest BCUT2D eigenvalue weighted by Crippen LogP contribution is 2.25. The smallest absolute Gasteiger partial charge is 0.252 e. The van der Waals surface area contributed by atoms with Gasteiger partial charge in [0.05, 0.1) is 12.2 Å². The van der Waals surface area contributed by atoms with Crippen molar-refractivity contribution in [3.05, 3.63) is 0 Å². The quantitative estimate of drug-likeness (QED) is 0.661. The van der Waals surface area contributed by atoms with Crippen molar-refractivity contribution in [3.63, 3.8) is 0 Å². The van der Waals surface area contributed by atoms with Crippen molar-refractivity contribution in [1.29, 1.82) is 0 Å². The maximum absolute atomic E-state index is 12.6. The van der Waals surface area contributed by atoms with E-state index in [2.05, 4.69) is 10.2 Å². The second-order valence-electron chi connectivity index (χ2n) is 8.42. The first-order valence-electron chi connectivity index (χ1n) is 10.6. The van der Waals surface area contributed by atoms with Gasteiger partial charge in [-0.2, -0.15) is 0 Å². The highest BCUT2D eigenvalue weighted by molar-refractivity contribution is 5.81. The van der Waals surface area contributed by atoms with Gasteiger partial charge < -0.3 is 25.2 Å². The number of carbonyl (C=O) groups is 1. The maximum Gasteiger partial charge on any atom is 0.252 e. The molecule has 0 aromatic carbocycles. The Bertz CT molecular complexity index is 434. The van der Waals surface area contributed by atoms with Crippen molar-refractivity contribution in [2.75, 3.05) is 26.2 Å². The van der Waals surface area contributed by atoms with Crippen molar-refractivity contribution < 1.29 is 19.7 Å². The van der Waals surface area contributed by atoms with Crippen LogP contribution in [-0.2, 0) is 9.53 Å². The summed E-state index contributed by atoms with van der Waals surface area (Å²) in [5.74, 6) is 0.332. The molecule has 1 aliphatic carbocycles. The number of hydrogen-bond acceptors (Lipinski definition) is 5. The lowest BCUT2D eigenvalue weighted by atomic mass is 9.94. The molecule has 3 rings (SSSR count). The first kappa shape index (κ1) is 20.1. The zero-order chi connectivity index (χ0) is 18.4. The van der Waals surface area contributed by atoms with E-state index in [1.54, 1.807) is 0 Å². The maximum atomic E-state index is 12.6. The molecule has 1 saturated carbocycles. The van der Waals surface area contributed by atoms with E-state index in [0.717, 1.165) is 58.2 Å². The zero-order valence-electron chi connectivity index (χ0n) is 15.9. The largest absolute Gasteiger partial charge is 0.396 e. The Labute approximate surface area is 157 Å². The second kappa shape index (κ2) is 10.0. The van der Waals surface area contributed by atoms with Gasteiger partial charge in [-0.1, -0.05) is 19.3 Å². The Balaban J connectivity index is 1.41. The normalized spacial score (nSPS) is 32.5. The average Bonchev–Trinajstić information content (AvgIpc) is 2.68. The predicted octanol–water partition coefficient (Wildman–Crippen LogP) is 1.44. The molecule has 0 aromatic rings. The fourth-order valence-corrected chi connectivity index (χ4v) is 4.57. The van der Waals surface area contributed by atoms with Gasteiger partial charge in [0.25, 0.3) is 5.91 Å². The Morgan fingerprint density at radius 3 is 2.46 bits per heavy atom. The molecule has 3 unspecified atom stereocenters. The Hall–Kier alpha value is -0.690. The lowest BCUT2D eigenvalue weighted by Crippen LogP contribution is -2.52. The van der Waals surface area contributed by atoms with E-state index in [-0.39, 0.29) is 18.1 Å². The summed E-state index contributed by atoms with van der Waals surface area (Å²) in [5.41, 5.74) is 0. The van der Waals surface area contributed by atoms with Crippen LogP contribution < -0.4 is 5.32 Å². The molecular formula is C20H36N2O4. The molecule has 3 atom stereocenters. The van der Waals surface area contributed by atoms with Crippen LogP contribution in [0.5, 0.6) is 0 Å². The fraction of sp³-hybridized carbons (Fsp3) is 0.950. The first-order valence-corrected chi connectivity index (χ1v) is 10.6. The molecule has 150 valence electrons. The number of carbonyl (C=O) groups excluding carboxylic acids is 1. The number of likely N-dealkylation sites (tertiary alicyclic amines) is 1. The van der Waals surface area contributed by atoms with Crippen molar-refractivity contribution in [1.82, 2.24) is 10.2 Å². The molecule has 3 aliphatic rings. The van der Waals surface area contributed by atoms with Gasteiger partial charge in [0.1, 0.15) is 0 Å². The molecule has 6 nitrogen and oxygen atoms in total. The summed E-state index contributed by atoms with van der Waals surface area (Å²) < 4.78 is 6.01. The number of hydrogen-bond donors (Lipinski definition) is 3. The summed E-state index contributed by atoms with van der Waals surface area (Å²) in [6, 6.07) is 0.250. The van der Waals surface area contributed by atoms with Gasteiger partial charge in [0.15, 0.2) is 6.10 Å². The van der Waals surface area contributed by atoms with E-state index in [4.69, 9.17) is 4.74 Å². The van der Waals surface area contributed by atoms with E-state index >= 15 is 0 Å². The Kier molecular flexibility index (Phi) is 7.73. The van der Waals surface area contributed by atoms with Crippen LogP contribution in [0.15, 0.2) is 0 Å². The van der Waals surface area contributed by atoms with Gasteiger partial charge in [-0.3, -0.25) is 4.79 Å². The highest BCUT2D eigenvalue weighted by atomic mass is 16.5. The third-order valence-corrected chi connectivity index (χ3v) is 6.42. The van der Waals surface area contributed by atoms with Crippen LogP contribution in [-0.4, -0.2) is 71.6 Å². The minimum Gasteiger partial charge on any atom is -0.396 e. The van der Waals surface area contributed by atoms with E-state index in [0.29, 0.717) is 18.9 Å². The number of aliphatic hydroxyl groups is 2. The van der Waals surface area contributed by atoms with Crippen LogP contribution in [0.1, 0.15) is 64.2 Å². The first-order chi connectivity index (χ1) is 12.7. The van der Waals surface area contributed by atoms with E-state index in [1.807, 2.05) is 0 Å². The molecule has 0 spiro atoms. The second-order valence-corrected chi connectivity index (χ2v) is 8.42. The Morgan fingerprint density at radius 1 is 1.04 bits per heavy atom. The number of nitrogens with one attached hydrogen (secondary N) is 1. The summed E-state index contributed by atoms with van der Waals surface area (Å²) in [4.78, 5) is 15.0. The molecule has 26 heavy (non-hydrogen) atoms. The molecule has 2 saturated heterocycles. The lowest BCUT2D eigenvalue weighted by Gasteiger charge is -2.36. The molecule has 3 N–H and O–H groups in total.